The van der Waals surface area contributed by atoms with Crippen LogP contribution < -0.4 is 0 Å². The van der Waals surface area contributed by atoms with Crippen LogP contribution in [0.4, 0.5) is 0 Å². The Morgan fingerprint density at radius 1 is 1.05 bits per heavy atom. The molecular weight excluding hydrogens is 250 g/mol. The zero-order valence-electron chi connectivity index (χ0n) is 11.1. The first-order chi connectivity index (χ1) is 9.81. The molecule has 0 aliphatic carbocycles. The lowest BCUT2D eigenvalue weighted by Gasteiger charge is -2.20. The van der Waals surface area contributed by atoms with Crippen LogP contribution in [0.3, 0.4) is 0 Å². The number of nitrogens with zero attached hydrogens (tertiary/aromatic N) is 3. The van der Waals surface area contributed by atoms with Crippen molar-refractivity contribution >= 4 is 0 Å². The molecule has 100 valence electrons. The van der Waals surface area contributed by atoms with Crippen molar-refractivity contribution in [3.63, 3.8) is 0 Å². The Balaban J connectivity index is 2.02. The van der Waals surface area contributed by atoms with E-state index in [0.29, 0.717) is 25.1 Å². The van der Waals surface area contributed by atoms with E-state index in [1.54, 1.807) is 6.26 Å². The Morgan fingerprint density at radius 3 is 2.45 bits per heavy atom. The predicted octanol–water partition coefficient (Wildman–Crippen LogP) is 3.07. The zero-order valence-corrected chi connectivity index (χ0v) is 11.1. The van der Waals surface area contributed by atoms with E-state index in [1.807, 2.05) is 36.4 Å². The molecule has 0 bridgehead atoms. The summed E-state index contributed by atoms with van der Waals surface area (Å²) in [5.41, 5.74) is 1.77. The van der Waals surface area contributed by atoms with Gasteiger partial charge in [0.2, 0.25) is 0 Å². The fraction of sp³-hybridized carbons (Fsp3) is 0.250. The van der Waals surface area contributed by atoms with Crippen LogP contribution in [0.5, 0.6) is 0 Å². The molecule has 1 aromatic carbocycles. The predicted molar refractivity (Wildman–Crippen MR) is 74.2 cm³/mol. The van der Waals surface area contributed by atoms with E-state index in [0.717, 1.165) is 17.9 Å². The van der Waals surface area contributed by atoms with Crippen molar-refractivity contribution in [3.8, 4) is 12.1 Å². The van der Waals surface area contributed by atoms with Gasteiger partial charge in [-0.25, -0.2) is 0 Å². The SMILES string of the molecule is N#CCCN(Cc1ccc(C#N)cc1)Cc1ccco1. The quantitative estimate of drug-likeness (QED) is 0.805. The monoisotopic (exact) mass is 265 g/mol. The molecule has 4 nitrogen and oxygen atoms in total. The van der Waals surface area contributed by atoms with Crippen LogP contribution in [0.25, 0.3) is 0 Å². The minimum Gasteiger partial charge on any atom is -0.468 e. The molecule has 4 heteroatoms. The summed E-state index contributed by atoms with van der Waals surface area (Å²) in [5.74, 6) is 0.886. The molecule has 0 saturated carbocycles. The van der Waals surface area contributed by atoms with E-state index in [-0.39, 0.29) is 0 Å². The normalized spacial score (nSPS) is 10.2. The van der Waals surface area contributed by atoms with Gasteiger partial charge in [0, 0.05) is 19.5 Å². The molecule has 20 heavy (non-hydrogen) atoms. The van der Waals surface area contributed by atoms with Gasteiger partial charge in [-0.05, 0) is 29.8 Å². The highest BCUT2D eigenvalue weighted by atomic mass is 16.3. The van der Waals surface area contributed by atoms with E-state index in [1.165, 1.54) is 0 Å². The molecule has 2 aromatic rings. The minimum absolute atomic E-state index is 0.483. The van der Waals surface area contributed by atoms with Gasteiger partial charge in [0.15, 0.2) is 0 Å². The van der Waals surface area contributed by atoms with E-state index in [4.69, 9.17) is 14.9 Å². The summed E-state index contributed by atoms with van der Waals surface area (Å²) in [6.45, 7) is 2.10. The summed E-state index contributed by atoms with van der Waals surface area (Å²) in [6, 6.07) is 15.6. The zero-order chi connectivity index (χ0) is 14.2. The Hall–Kier alpha value is -2.56. The highest BCUT2D eigenvalue weighted by Crippen LogP contribution is 2.12. The summed E-state index contributed by atoms with van der Waals surface area (Å²) < 4.78 is 5.35. The summed E-state index contributed by atoms with van der Waals surface area (Å²) >= 11 is 0. The highest BCUT2D eigenvalue weighted by Gasteiger charge is 2.08. The molecule has 0 radical (unpaired) electrons. The highest BCUT2D eigenvalue weighted by molar-refractivity contribution is 5.31. The van der Waals surface area contributed by atoms with Gasteiger partial charge in [0.25, 0.3) is 0 Å². The van der Waals surface area contributed by atoms with E-state index in [9.17, 15) is 0 Å². The van der Waals surface area contributed by atoms with E-state index >= 15 is 0 Å². The third kappa shape index (κ3) is 3.98. The molecule has 0 aliphatic rings. The molecule has 0 amide bonds. The third-order valence-electron chi connectivity index (χ3n) is 2.99. The number of hydrogen-bond acceptors (Lipinski definition) is 4. The standard InChI is InChI=1S/C16H15N3O/c17-8-2-9-19(13-16-3-1-10-20-16)12-15-6-4-14(11-18)5-7-15/h1,3-7,10H,2,9,12-13H2. The molecule has 0 unspecified atom stereocenters. The summed E-state index contributed by atoms with van der Waals surface area (Å²) in [5, 5.41) is 17.5. The first-order valence-corrected chi connectivity index (χ1v) is 6.42. The van der Waals surface area contributed by atoms with Crippen LogP contribution in [0.15, 0.2) is 47.1 Å². The van der Waals surface area contributed by atoms with Gasteiger partial charge in [-0.1, -0.05) is 12.1 Å². The molecule has 0 saturated heterocycles. The smallest absolute Gasteiger partial charge is 0.117 e. The summed E-state index contributed by atoms with van der Waals surface area (Å²) in [6.07, 6.45) is 2.14. The molecule has 2 rings (SSSR count). The van der Waals surface area contributed by atoms with Crippen LogP contribution in [-0.4, -0.2) is 11.4 Å². The summed E-state index contributed by atoms with van der Waals surface area (Å²) in [7, 11) is 0. The van der Waals surface area contributed by atoms with E-state index < -0.39 is 0 Å². The van der Waals surface area contributed by atoms with Gasteiger partial charge in [-0.15, -0.1) is 0 Å². The van der Waals surface area contributed by atoms with Crippen LogP contribution in [0, 0.1) is 22.7 Å². The lowest BCUT2D eigenvalue weighted by molar-refractivity contribution is 0.240. The van der Waals surface area contributed by atoms with Gasteiger partial charge in [-0.3, -0.25) is 4.90 Å². The van der Waals surface area contributed by atoms with E-state index in [2.05, 4.69) is 17.0 Å². The van der Waals surface area contributed by atoms with Gasteiger partial charge in [-0.2, -0.15) is 10.5 Å². The molecule has 0 atom stereocenters. The molecule has 1 aromatic heterocycles. The lowest BCUT2D eigenvalue weighted by atomic mass is 10.1. The van der Waals surface area contributed by atoms with Crippen LogP contribution in [0.2, 0.25) is 0 Å². The Labute approximate surface area is 118 Å². The molecule has 0 aliphatic heterocycles. The van der Waals surface area contributed by atoms with Crippen LogP contribution >= 0.6 is 0 Å². The minimum atomic E-state index is 0.483. The Morgan fingerprint density at radius 2 is 1.85 bits per heavy atom. The average Bonchev–Trinajstić information content (AvgIpc) is 2.98. The van der Waals surface area contributed by atoms with Crippen molar-refractivity contribution in [1.82, 2.24) is 4.90 Å². The van der Waals surface area contributed by atoms with Gasteiger partial charge in [0.1, 0.15) is 5.76 Å². The maximum atomic E-state index is 8.79. The third-order valence-corrected chi connectivity index (χ3v) is 2.99. The second-order valence-electron chi connectivity index (χ2n) is 4.51. The fourth-order valence-electron chi connectivity index (χ4n) is 1.99. The van der Waals surface area contributed by atoms with Crippen molar-refractivity contribution in [3.05, 3.63) is 59.5 Å². The number of rotatable bonds is 6. The summed E-state index contributed by atoms with van der Waals surface area (Å²) in [4.78, 5) is 2.16. The molecular formula is C16H15N3O. The lowest BCUT2D eigenvalue weighted by Crippen LogP contribution is -2.23. The molecule has 0 fully saturated rings. The Bertz CT molecular complexity index is 603. The van der Waals surface area contributed by atoms with Crippen LogP contribution in [-0.2, 0) is 13.1 Å². The van der Waals surface area contributed by atoms with Crippen molar-refractivity contribution in [2.24, 2.45) is 0 Å². The number of hydrogen-bond donors (Lipinski definition) is 0. The van der Waals surface area contributed by atoms with Crippen molar-refractivity contribution in [2.75, 3.05) is 6.54 Å². The first-order valence-electron chi connectivity index (χ1n) is 6.42. The van der Waals surface area contributed by atoms with Crippen molar-refractivity contribution in [1.29, 1.82) is 10.5 Å². The van der Waals surface area contributed by atoms with Gasteiger partial charge >= 0.3 is 0 Å². The largest absolute Gasteiger partial charge is 0.468 e. The second kappa shape index (κ2) is 7.13. The molecule has 0 spiro atoms. The maximum Gasteiger partial charge on any atom is 0.117 e. The van der Waals surface area contributed by atoms with Gasteiger partial charge < -0.3 is 4.42 Å². The van der Waals surface area contributed by atoms with Crippen LogP contribution in [0.1, 0.15) is 23.3 Å². The van der Waals surface area contributed by atoms with Crippen molar-refractivity contribution in [2.45, 2.75) is 19.5 Å². The van der Waals surface area contributed by atoms with Gasteiger partial charge in [0.05, 0.1) is 30.5 Å². The molecule has 0 N–H and O–H groups in total. The average molecular weight is 265 g/mol. The number of benzene rings is 1. The topological polar surface area (TPSA) is 64.0 Å². The van der Waals surface area contributed by atoms with Crippen molar-refractivity contribution < 1.29 is 4.42 Å². The number of nitriles is 2. The number of furan rings is 1. The maximum absolute atomic E-state index is 8.79. The first kappa shape index (κ1) is 13.9. The fourth-order valence-corrected chi connectivity index (χ4v) is 1.99. The Kier molecular flexibility index (Phi) is 4.94. The second-order valence-corrected chi connectivity index (χ2v) is 4.51. The molecule has 1 heterocycles.